The predicted molar refractivity (Wildman–Crippen MR) is 172 cm³/mol. The van der Waals surface area contributed by atoms with E-state index < -0.39 is 12.0 Å². The van der Waals surface area contributed by atoms with Gasteiger partial charge in [0.1, 0.15) is 6.04 Å². The summed E-state index contributed by atoms with van der Waals surface area (Å²) in [5.74, 6) is 0.253. The average Bonchev–Trinajstić information content (AvgIpc) is 3.78. The molecule has 3 aliphatic rings. The zero-order valence-electron chi connectivity index (χ0n) is 24.3. The van der Waals surface area contributed by atoms with Crippen LogP contribution in [0.5, 0.6) is 0 Å². The van der Waals surface area contributed by atoms with E-state index in [1.165, 1.54) is 76.2 Å². The van der Waals surface area contributed by atoms with E-state index in [2.05, 4.69) is 41.4 Å². The normalized spacial score (nSPS) is 19.2. The lowest BCUT2D eigenvalue weighted by atomic mass is 9.67. The van der Waals surface area contributed by atoms with Gasteiger partial charge < -0.3 is 10.4 Å². The highest BCUT2D eigenvalue weighted by atomic mass is 32.2. The van der Waals surface area contributed by atoms with Crippen LogP contribution in [0.4, 0.5) is 0 Å². The van der Waals surface area contributed by atoms with Gasteiger partial charge in [0.05, 0.1) is 0 Å². The molecule has 5 rings (SSSR count). The van der Waals surface area contributed by atoms with Gasteiger partial charge in [0.25, 0.3) is 5.91 Å². The first kappa shape index (κ1) is 31.6. The van der Waals surface area contributed by atoms with Crippen molar-refractivity contribution in [2.75, 3.05) is 12.0 Å². The number of aryl methyl sites for hydroxylation is 1. The molecule has 0 aliphatic heterocycles. The molecule has 1 atom stereocenters. The van der Waals surface area contributed by atoms with Gasteiger partial charge in [-0.15, -0.1) is 0 Å². The van der Waals surface area contributed by atoms with Crippen molar-refractivity contribution >= 4 is 23.6 Å². The molecule has 0 radical (unpaired) electrons. The molecule has 0 bridgehead atoms. The summed E-state index contributed by atoms with van der Waals surface area (Å²) in [4.78, 5) is 28.2. The smallest absolute Gasteiger partial charge is 0.326 e. The van der Waals surface area contributed by atoms with Gasteiger partial charge >= 0.3 is 5.97 Å². The van der Waals surface area contributed by atoms with E-state index in [1.807, 2.05) is 24.5 Å². The second-order valence-electron chi connectivity index (χ2n) is 12.5. The number of hydrogen-bond donors (Lipinski definition) is 2. The van der Waals surface area contributed by atoms with E-state index in [9.17, 15) is 14.7 Å². The summed E-state index contributed by atoms with van der Waals surface area (Å²) in [5, 5.41) is 12.5. The second kappa shape index (κ2) is 14.2. The van der Waals surface area contributed by atoms with Crippen LogP contribution in [0.3, 0.4) is 0 Å². The Labute approximate surface area is 251 Å². The van der Waals surface area contributed by atoms with Crippen molar-refractivity contribution in [3.8, 4) is 11.1 Å². The molecule has 5 nitrogen and oxygen atoms in total. The van der Waals surface area contributed by atoms with Gasteiger partial charge in [0.15, 0.2) is 0 Å². The third-order valence-electron chi connectivity index (χ3n) is 9.61. The first-order chi connectivity index (χ1) is 19.4. The van der Waals surface area contributed by atoms with E-state index in [0.717, 1.165) is 29.2 Å². The molecule has 3 saturated carbocycles. The molecule has 2 N–H and O–H groups in total. The molecule has 0 saturated heterocycles. The minimum Gasteiger partial charge on any atom is -0.480 e. The highest BCUT2D eigenvalue weighted by molar-refractivity contribution is 7.98. The number of nitrogens with one attached hydrogen (secondary N) is 1. The van der Waals surface area contributed by atoms with Crippen LogP contribution in [-0.4, -0.2) is 51.5 Å². The highest BCUT2D eigenvalue weighted by Crippen LogP contribution is 2.50. The zero-order chi connectivity index (χ0) is 28.1. The number of nitrogens with zero attached hydrogens (tertiary/aromatic N) is 1. The molecule has 6 heteroatoms. The van der Waals surface area contributed by atoms with Crippen LogP contribution >= 0.6 is 11.8 Å². The molecule has 1 amide bonds. The van der Waals surface area contributed by atoms with E-state index in [-0.39, 0.29) is 13.3 Å². The summed E-state index contributed by atoms with van der Waals surface area (Å²) in [5.41, 5.74) is 5.17. The van der Waals surface area contributed by atoms with Gasteiger partial charge in [0, 0.05) is 23.7 Å². The molecular formula is C35H50N2O3S. The van der Waals surface area contributed by atoms with Crippen LogP contribution < -0.4 is 5.32 Å². The predicted octanol–water partition coefficient (Wildman–Crippen LogP) is 8.09. The lowest BCUT2D eigenvalue weighted by Gasteiger charge is -2.53. The molecule has 3 aliphatic carbocycles. The number of carboxylic acid groups (broad SMARTS) is 1. The molecule has 3 fully saturated rings. The van der Waals surface area contributed by atoms with Gasteiger partial charge in [0.2, 0.25) is 0 Å². The highest BCUT2D eigenvalue weighted by Gasteiger charge is 2.48. The molecule has 0 aromatic heterocycles. The summed E-state index contributed by atoms with van der Waals surface area (Å²) in [6.45, 7) is 3.00. The number of carbonyl (C=O) groups is 2. The van der Waals surface area contributed by atoms with Gasteiger partial charge in [-0.05, 0) is 104 Å². The lowest BCUT2D eigenvalue weighted by Crippen LogP contribution is -2.55. The van der Waals surface area contributed by atoms with Crippen LogP contribution in [0, 0.1) is 12.8 Å². The number of thioether (sulfide) groups is 1. The maximum Gasteiger partial charge on any atom is 0.326 e. The van der Waals surface area contributed by atoms with Gasteiger partial charge in [-0.1, -0.05) is 69.9 Å². The maximum absolute atomic E-state index is 13.5. The average molecular weight is 579 g/mol. The standard InChI is InChI=1S/C34H46N2O3S.CH4/c1-24-9-6-7-12-28(24)30-21-26(13-16-29(30)32(37)35-31(33(38)39)17-20-40-2)23-36(27-14-15-27)34(18-8-19-34)22-25-10-4-3-5-11-25;/h6-7,9,12-13,16,21,25,27,31H,3-5,8,10-11,14-15,17-20,22-23H2,1-2H3,(H,35,37)(H,38,39);1H4/t31-;/m0./s1. The Balaban J connectivity index is 0.00000387. The van der Waals surface area contributed by atoms with Crippen molar-refractivity contribution in [3.05, 3.63) is 59.2 Å². The molecular weight excluding hydrogens is 528 g/mol. The summed E-state index contributed by atoms with van der Waals surface area (Å²) < 4.78 is 0. The van der Waals surface area contributed by atoms with E-state index in [1.54, 1.807) is 11.8 Å². The van der Waals surface area contributed by atoms with Crippen molar-refractivity contribution in [1.82, 2.24) is 10.2 Å². The largest absolute Gasteiger partial charge is 0.480 e. The van der Waals surface area contributed by atoms with E-state index in [4.69, 9.17) is 0 Å². The Kier molecular flexibility index (Phi) is 11.0. The van der Waals surface area contributed by atoms with Crippen molar-refractivity contribution < 1.29 is 14.7 Å². The minimum absolute atomic E-state index is 0. The van der Waals surface area contributed by atoms with Crippen LogP contribution in [0.15, 0.2) is 42.5 Å². The van der Waals surface area contributed by atoms with Crippen LogP contribution in [-0.2, 0) is 11.3 Å². The number of hydrogen-bond acceptors (Lipinski definition) is 4. The summed E-state index contributed by atoms with van der Waals surface area (Å²) >= 11 is 1.59. The van der Waals surface area contributed by atoms with Crippen molar-refractivity contribution in [3.63, 3.8) is 0 Å². The molecule has 0 heterocycles. The van der Waals surface area contributed by atoms with Gasteiger partial charge in [-0.2, -0.15) is 11.8 Å². The monoisotopic (exact) mass is 578 g/mol. The number of benzene rings is 2. The first-order valence-corrected chi connectivity index (χ1v) is 16.8. The summed E-state index contributed by atoms with van der Waals surface area (Å²) in [7, 11) is 0. The van der Waals surface area contributed by atoms with E-state index in [0.29, 0.717) is 29.3 Å². The quantitative estimate of drug-likeness (QED) is 0.251. The van der Waals surface area contributed by atoms with Gasteiger partial charge in [-0.3, -0.25) is 9.69 Å². The number of aliphatic carboxylic acids is 1. The molecule has 2 aromatic rings. The molecule has 224 valence electrons. The van der Waals surface area contributed by atoms with Crippen molar-refractivity contribution in [2.45, 2.75) is 116 Å². The minimum atomic E-state index is -0.986. The van der Waals surface area contributed by atoms with Crippen LogP contribution in [0.25, 0.3) is 11.1 Å². The second-order valence-corrected chi connectivity index (χ2v) is 13.5. The maximum atomic E-state index is 13.5. The number of rotatable bonds is 13. The van der Waals surface area contributed by atoms with Gasteiger partial charge in [-0.25, -0.2) is 4.79 Å². The molecule has 0 unspecified atom stereocenters. The Hall–Kier alpha value is -2.31. The Morgan fingerprint density at radius 1 is 1.02 bits per heavy atom. The first-order valence-electron chi connectivity index (χ1n) is 15.4. The Morgan fingerprint density at radius 3 is 2.37 bits per heavy atom. The third kappa shape index (κ3) is 7.56. The number of carbonyl (C=O) groups excluding carboxylic acids is 1. The Morgan fingerprint density at radius 2 is 1.76 bits per heavy atom. The summed E-state index contributed by atoms with van der Waals surface area (Å²) in [6, 6.07) is 14.2. The number of carboxylic acids is 1. The van der Waals surface area contributed by atoms with E-state index >= 15 is 0 Å². The Bertz CT molecular complexity index is 1180. The molecule has 0 spiro atoms. The summed E-state index contributed by atoms with van der Waals surface area (Å²) in [6.07, 6.45) is 17.3. The van der Waals surface area contributed by atoms with Crippen LogP contribution in [0.2, 0.25) is 0 Å². The number of amides is 1. The topological polar surface area (TPSA) is 69.6 Å². The van der Waals surface area contributed by atoms with Crippen molar-refractivity contribution in [2.24, 2.45) is 5.92 Å². The third-order valence-corrected chi connectivity index (χ3v) is 10.2. The lowest BCUT2D eigenvalue weighted by molar-refractivity contribution is -0.139. The fraction of sp³-hybridized carbons (Fsp3) is 0.600. The fourth-order valence-electron chi connectivity index (χ4n) is 7.10. The fourth-order valence-corrected chi connectivity index (χ4v) is 7.58. The van der Waals surface area contributed by atoms with Crippen LogP contribution in [0.1, 0.15) is 106 Å². The zero-order valence-corrected chi connectivity index (χ0v) is 25.1. The van der Waals surface area contributed by atoms with Crippen molar-refractivity contribution in [1.29, 1.82) is 0 Å². The molecule has 41 heavy (non-hydrogen) atoms. The molecule has 2 aromatic carbocycles. The SMILES string of the molecule is C.CSCC[C@H](NC(=O)c1ccc(CN(C2CC2)C2(CC3CCCCC3)CCC2)cc1-c1ccccc1C)C(=O)O.